The van der Waals surface area contributed by atoms with Gasteiger partial charge in [0.15, 0.2) is 6.61 Å². The van der Waals surface area contributed by atoms with Crippen molar-refractivity contribution in [2.24, 2.45) is 0 Å². The Labute approximate surface area is 179 Å². The van der Waals surface area contributed by atoms with E-state index in [2.05, 4.69) is 5.32 Å². The summed E-state index contributed by atoms with van der Waals surface area (Å²) in [7, 11) is -3.65. The van der Waals surface area contributed by atoms with Crippen LogP contribution < -0.4 is 5.32 Å². The summed E-state index contributed by atoms with van der Waals surface area (Å²) in [6.45, 7) is 2.15. The standard InChI is InChI=1S/C20H21ClN2O6S/c1-14-4-5-15(29-14)6-9-20(25)28-13-19(24)22-18-12-16(7-8-17(18)21)30(26,27)23-10-2-3-11-23/h4-9,12H,2-3,10-11,13H2,1H3,(H,22,24). The van der Waals surface area contributed by atoms with Crippen LogP contribution in [0.5, 0.6) is 0 Å². The molecule has 0 aliphatic carbocycles. The molecule has 1 aromatic carbocycles. The van der Waals surface area contributed by atoms with Crippen molar-refractivity contribution in [3.05, 3.63) is 53.0 Å². The Morgan fingerprint density at radius 3 is 2.63 bits per heavy atom. The predicted octanol–water partition coefficient (Wildman–Crippen LogP) is 3.22. The molecule has 0 spiro atoms. The monoisotopic (exact) mass is 452 g/mol. The molecule has 1 aliphatic heterocycles. The highest BCUT2D eigenvalue weighted by molar-refractivity contribution is 7.89. The highest BCUT2D eigenvalue weighted by atomic mass is 35.5. The van der Waals surface area contributed by atoms with Crippen LogP contribution in [0.15, 0.2) is 45.7 Å². The van der Waals surface area contributed by atoms with Crippen LogP contribution in [0, 0.1) is 6.92 Å². The summed E-state index contributed by atoms with van der Waals surface area (Å²) in [6, 6.07) is 7.54. The molecule has 0 radical (unpaired) electrons. The fourth-order valence-corrected chi connectivity index (χ4v) is 4.61. The van der Waals surface area contributed by atoms with E-state index in [1.165, 1.54) is 28.6 Å². The quantitative estimate of drug-likeness (QED) is 0.510. The first-order valence-corrected chi connectivity index (χ1v) is 11.1. The Kier molecular flexibility index (Phi) is 6.96. The van der Waals surface area contributed by atoms with Gasteiger partial charge in [0.25, 0.3) is 5.91 Å². The molecule has 160 valence electrons. The number of esters is 1. The van der Waals surface area contributed by atoms with Crippen molar-refractivity contribution < 1.29 is 27.2 Å². The SMILES string of the molecule is Cc1ccc(C=CC(=O)OCC(=O)Nc2cc(S(=O)(=O)N3CCCC3)ccc2Cl)o1. The molecule has 1 saturated heterocycles. The van der Waals surface area contributed by atoms with Crippen molar-refractivity contribution in [2.45, 2.75) is 24.7 Å². The summed E-state index contributed by atoms with van der Waals surface area (Å²) in [5.41, 5.74) is 0.125. The molecule has 8 nitrogen and oxygen atoms in total. The third-order valence-electron chi connectivity index (χ3n) is 4.41. The van der Waals surface area contributed by atoms with Gasteiger partial charge in [-0.05, 0) is 56.2 Å². The number of furan rings is 1. The summed E-state index contributed by atoms with van der Waals surface area (Å²) in [6.07, 6.45) is 4.20. The third kappa shape index (κ3) is 5.50. The second kappa shape index (κ2) is 9.46. The van der Waals surface area contributed by atoms with Crippen molar-refractivity contribution in [3.63, 3.8) is 0 Å². The van der Waals surface area contributed by atoms with E-state index < -0.39 is 28.5 Å². The number of anilines is 1. The highest BCUT2D eigenvalue weighted by Crippen LogP contribution is 2.28. The number of aryl methyl sites for hydroxylation is 1. The maximum atomic E-state index is 12.7. The summed E-state index contributed by atoms with van der Waals surface area (Å²) in [5.74, 6) is -0.191. The largest absolute Gasteiger partial charge is 0.462 e. The average Bonchev–Trinajstić information content (AvgIpc) is 3.38. The van der Waals surface area contributed by atoms with Crippen molar-refractivity contribution in [1.29, 1.82) is 0 Å². The first-order chi connectivity index (χ1) is 14.3. The Hall–Kier alpha value is -2.62. The van der Waals surface area contributed by atoms with Gasteiger partial charge in [-0.1, -0.05) is 11.6 Å². The first kappa shape index (κ1) is 22.1. The molecule has 0 unspecified atom stereocenters. The predicted molar refractivity (Wildman–Crippen MR) is 112 cm³/mol. The van der Waals surface area contributed by atoms with Gasteiger partial charge in [-0.15, -0.1) is 0 Å². The molecule has 10 heteroatoms. The van der Waals surface area contributed by atoms with E-state index in [9.17, 15) is 18.0 Å². The van der Waals surface area contributed by atoms with Crippen molar-refractivity contribution >= 4 is 45.3 Å². The molecular weight excluding hydrogens is 432 g/mol. The molecule has 1 N–H and O–H groups in total. The van der Waals surface area contributed by atoms with Gasteiger partial charge in [-0.3, -0.25) is 4.79 Å². The number of benzene rings is 1. The minimum absolute atomic E-state index is 0.0396. The summed E-state index contributed by atoms with van der Waals surface area (Å²) in [5, 5.41) is 2.64. The third-order valence-corrected chi connectivity index (χ3v) is 6.63. The van der Waals surface area contributed by atoms with Gasteiger partial charge in [-0.2, -0.15) is 4.31 Å². The van der Waals surface area contributed by atoms with E-state index in [-0.39, 0.29) is 15.6 Å². The number of hydrogen-bond donors (Lipinski definition) is 1. The van der Waals surface area contributed by atoms with Crippen LogP contribution >= 0.6 is 11.6 Å². The summed E-state index contributed by atoms with van der Waals surface area (Å²) >= 11 is 6.08. The number of amides is 1. The fourth-order valence-electron chi connectivity index (χ4n) is 2.90. The van der Waals surface area contributed by atoms with Gasteiger partial charge in [0.05, 0.1) is 15.6 Å². The molecule has 0 atom stereocenters. The van der Waals surface area contributed by atoms with Gasteiger partial charge >= 0.3 is 5.97 Å². The number of carbonyl (C=O) groups is 2. The molecule has 3 rings (SSSR count). The van der Waals surface area contributed by atoms with Crippen LogP contribution in [0.25, 0.3) is 6.08 Å². The van der Waals surface area contributed by atoms with E-state index in [1.807, 2.05) is 0 Å². The minimum Gasteiger partial charge on any atom is -0.462 e. The van der Waals surface area contributed by atoms with E-state index in [4.69, 9.17) is 20.8 Å². The number of rotatable bonds is 7. The second-order valence-corrected chi connectivity index (χ2v) is 9.04. The summed E-state index contributed by atoms with van der Waals surface area (Å²) < 4.78 is 36.9. The van der Waals surface area contributed by atoms with E-state index >= 15 is 0 Å². The number of carbonyl (C=O) groups excluding carboxylic acids is 2. The Morgan fingerprint density at radius 1 is 1.23 bits per heavy atom. The van der Waals surface area contributed by atoms with Crippen molar-refractivity contribution in [2.75, 3.05) is 25.0 Å². The van der Waals surface area contributed by atoms with Crippen LogP contribution in [0.4, 0.5) is 5.69 Å². The number of nitrogens with one attached hydrogen (secondary N) is 1. The molecular formula is C20H21ClN2O6S. The number of halogens is 1. The van der Waals surface area contributed by atoms with Gasteiger partial charge in [-0.25, -0.2) is 13.2 Å². The minimum atomic E-state index is -3.65. The lowest BCUT2D eigenvalue weighted by molar-refractivity contribution is -0.142. The van der Waals surface area contributed by atoms with Crippen molar-refractivity contribution in [1.82, 2.24) is 4.31 Å². The van der Waals surface area contributed by atoms with Crippen LogP contribution in [-0.2, 0) is 24.3 Å². The van der Waals surface area contributed by atoms with E-state index in [0.717, 1.165) is 18.9 Å². The van der Waals surface area contributed by atoms with Gasteiger partial charge in [0.2, 0.25) is 10.0 Å². The second-order valence-electron chi connectivity index (χ2n) is 6.69. The Bertz CT molecular complexity index is 1070. The molecule has 1 fully saturated rings. The molecule has 0 bridgehead atoms. The number of ether oxygens (including phenoxy) is 1. The lowest BCUT2D eigenvalue weighted by Crippen LogP contribution is -2.28. The average molecular weight is 453 g/mol. The Morgan fingerprint density at radius 2 is 1.97 bits per heavy atom. The molecule has 2 heterocycles. The van der Waals surface area contributed by atoms with E-state index in [1.54, 1.807) is 19.1 Å². The molecule has 1 aromatic heterocycles. The zero-order valence-corrected chi connectivity index (χ0v) is 17.8. The van der Waals surface area contributed by atoms with Gasteiger partial charge in [0.1, 0.15) is 11.5 Å². The van der Waals surface area contributed by atoms with Crippen LogP contribution in [0.3, 0.4) is 0 Å². The topological polar surface area (TPSA) is 106 Å². The number of nitrogens with zero attached hydrogens (tertiary/aromatic N) is 1. The fraction of sp³-hybridized carbons (Fsp3) is 0.300. The van der Waals surface area contributed by atoms with Gasteiger partial charge < -0.3 is 14.5 Å². The van der Waals surface area contributed by atoms with Crippen LogP contribution in [0.2, 0.25) is 5.02 Å². The first-order valence-electron chi connectivity index (χ1n) is 9.26. The van der Waals surface area contributed by atoms with Crippen LogP contribution in [-0.4, -0.2) is 44.3 Å². The number of hydrogen-bond acceptors (Lipinski definition) is 6. The van der Waals surface area contributed by atoms with Crippen molar-refractivity contribution in [3.8, 4) is 0 Å². The maximum absolute atomic E-state index is 12.7. The van der Waals surface area contributed by atoms with Gasteiger partial charge in [0, 0.05) is 19.2 Å². The molecule has 2 aromatic rings. The number of sulfonamides is 1. The Balaban J connectivity index is 1.59. The lowest BCUT2D eigenvalue weighted by Gasteiger charge is -2.16. The normalized spacial score (nSPS) is 14.9. The lowest BCUT2D eigenvalue weighted by atomic mass is 10.3. The van der Waals surface area contributed by atoms with E-state index in [0.29, 0.717) is 24.6 Å². The molecule has 1 aliphatic rings. The highest BCUT2D eigenvalue weighted by Gasteiger charge is 2.27. The van der Waals surface area contributed by atoms with Crippen LogP contribution in [0.1, 0.15) is 24.4 Å². The molecule has 0 saturated carbocycles. The zero-order chi connectivity index (χ0) is 21.7. The maximum Gasteiger partial charge on any atom is 0.331 e. The smallest absolute Gasteiger partial charge is 0.331 e. The molecule has 1 amide bonds. The zero-order valence-electron chi connectivity index (χ0n) is 16.3. The molecule has 30 heavy (non-hydrogen) atoms. The summed E-state index contributed by atoms with van der Waals surface area (Å²) in [4.78, 5) is 23.9.